The summed E-state index contributed by atoms with van der Waals surface area (Å²) in [4.78, 5) is 12.8. The van der Waals surface area contributed by atoms with Gasteiger partial charge < -0.3 is 5.73 Å². The van der Waals surface area contributed by atoms with E-state index in [1.807, 2.05) is 66.7 Å². The number of carbonyl (C=O) groups is 1. The van der Waals surface area contributed by atoms with Crippen LogP contribution >= 0.6 is 0 Å². The summed E-state index contributed by atoms with van der Waals surface area (Å²) in [7, 11) is 0. The van der Waals surface area contributed by atoms with Crippen LogP contribution in [0.3, 0.4) is 0 Å². The highest BCUT2D eigenvalue weighted by atomic mass is 16.1. The van der Waals surface area contributed by atoms with Gasteiger partial charge in [0.25, 0.3) is 0 Å². The molecule has 2 N–H and O–H groups in total. The number of benzene rings is 4. The van der Waals surface area contributed by atoms with Crippen molar-refractivity contribution in [2.45, 2.75) is 0 Å². The van der Waals surface area contributed by atoms with Crippen LogP contribution < -0.4 is 5.73 Å². The van der Waals surface area contributed by atoms with Crippen LogP contribution in [-0.2, 0) is 0 Å². The predicted molar refractivity (Wildman–Crippen MR) is 104 cm³/mol. The Labute approximate surface area is 146 Å². The Balaban J connectivity index is 1.89. The molecule has 0 saturated heterocycles. The second-order valence-electron chi connectivity index (χ2n) is 5.99. The second kappa shape index (κ2) is 6.25. The van der Waals surface area contributed by atoms with E-state index in [-0.39, 0.29) is 5.78 Å². The van der Waals surface area contributed by atoms with Gasteiger partial charge in [-0.3, -0.25) is 4.79 Å². The summed E-state index contributed by atoms with van der Waals surface area (Å²) in [5.41, 5.74) is 10.1. The van der Waals surface area contributed by atoms with Crippen LogP contribution in [-0.4, -0.2) is 5.78 Å². The van der Waals surface area contributed by atoms with Crippen LogP contribution in [0.4, 0.5) is 5.69 Å². The molecule has 0 radical (unpaired) electrons. The average molecular weight is 323 g/mol. The van der Waals surface area contributed by atoms with Crippen molar-refractivity contribution >= 4 is 22.2 Å². The fourth-order valence-corrected chi connectivity index (χ4v) is 3.20. The highest BCUT2D eigenvalue weighted by Gasteiger charge is 2.16. The molecule has 0 unspecified atom stereocenters. The molecule has 0 fully saturated rings. The van der Waals surface area contributed by atoms with Crippen molar-refractivity contribution in [2.75, 3.05) is 5.73 Å². The molecular formula is C23H17NO. The van der Waals surface area contributed by atoms with E-state index in [9.17, 15) is 4.79 Å². The van der Waals surface area contributed by atoms with Gasteiger partial charge in [0.05, 0.1) is 5.69 Å². The molecule has 0 aromatic heterocycles. The standard InChI is InChI=1S/C23H17NO/c24-22-20(19-13-6-11-16-8-4-5-12-18(16)19)14-7-15-21(22)23(25)17-9-2-1-3-10-17/h1-15H,24H2. The predicted octanol–water partition coefficient (Wildman–Crippen LogP) is 5.32. The maximum Gasteiger partial charge on any atom is 0.195 e. The Bertz CT molecular complexity index is 1060. The number of nitrogens with two attached hydrogens (primary N) is 1. The van der Waals surface area contributed by atoms with E-state index in [2.05, 4.69) is 18.2 Å². The number of carbonyl (C=O) groups excluding carboxylic acids is 1. The van der Waals surface area contributed by atoms with Crippen molar-refractivity contribution in [1.29, 1.82) is 0 Å². The second-order valence-corrected chi connectivity index (χ2v) is 5.99. The van der Waals surface area contributed by atoms with E-state index in [0.29, 0.717) is 16.8 Å². The van der Waals surface area contributed by atoms with Gasteiger partial charge in [0.1, 0.15) is 0 Å². The first kappa shape index (κ1) is 15.2. The van der Waals surface area contributed by atoms with Gasteiger partial charge in [-0.25, -0.2) is 0 Å². The average Bonchev–Trinajstić information content (AvgIpc) is 2.68. The highest BCUT2D eigenvalue weighted by Crippen LogP contribution is 2.34. The molecule has 4 aromatic carbocycles. The van der Waals surface area contributed by atoms with Gasteiger partial charge in [-0.2, -0.15) is 0 Å². The van der Waals surface area contributed by atoms with Crippen LogP contribution in [0.5, 0.6) is 0 Å². The normalized spacial score (nSPS) is 10.7. The van der Waals surface area contributed by atoms with Crippen LogP contribution in [0.2, 0.25) is 0 Å². The summed E-state index contributed by atoms with van der Waals surface area (Å²) in [6.07, 6.45) is 0. The van der Waals surface area contributed by atoms with Gasteiger partial charge in [-0.15, -0.1) is 0 Å². The van der Waals surface area contributed by atoms with Crippen molar-refractivity contribution in [2.24, 2.45) is 0 Å². The van der Waals surface area contributed by atoms with Gasteiger partial charge in [-0.1, -0.05) is 84.9 Å². The van der Waals surface area contributed by atoms with E-state index >= 15 is 0 Å². The Morgan fingerprint density at radius 2 is 1.28 bits per heavy atom. The Kier molecular flexibility index (Phi) is 3.79. The molecule has 25 heavy (non-hydrogen) atoms. The zero-order valence-electron chi connectivity index (χ0n) is 13.6. The fourth-order valence-electron chi connectivity index (χ4n) is 3.20. The number of fused-ring (bicyclic) bond motifs is 1. The largest absolute Gasteiger partial charge is 0.398 e. The third-order valence-corrected chi connectivity index (χ3v) is 4.47. The molecule has 120 valence electrons. The first-order valence-electron chi connectivity index (χ1n) is 8.22. The lowest BCUT2D eigenvalue weighted by Gasteiger charge is -2.13. The van der Waals surface area contributed by atoms with Crippen LogP contribution in [0, 0.1) is 0 Å². The molecule has 0 amide bonds. The van der Waals surface area contributed by atoms with Gasteiger partial charge in [0, 0.05) is 16.7 Å². The van der Waals surface area contributed by atoms with E-state index < -0.39 is 0 Å². The van der Waals surface area contributed by atoms with E-state index in [1.54, 1.807) is 6.07 Å². The van der Waals surface area contributed by atoms with Gasteiger partial charge in [-0.05, 0) is 22.4 Å². The molecule has 0 spiro atoms. The molecular weight excluding hydrogens is 306 g/mol. The number of ketones is 1. The molecule has 0 bridgehead atoms. The SMILES string of the molecule is Nc1c(C(=O)c2ccccc2)cccc1-c1cccc2ccccc12. The first-order chi connectivity index (χ1) is 12.3. The number of rotatable bonds is 3. The summed E-state index contributed by atoms with van der Waals surface area (Å²) in [6.45, 7) is 0. The lowest BCUT2D eigenvalue weighted by molar-refractivity contribution is 0.103. The minimum atomic E-state index is -0.0554. The third-order valence-electron chi connectivity index (χ3n) is 4.47. The Morgan fingerprint density at radius 3 is 2.12 bits per heavy atom. The highest BCUT2D eigenvalue weighted by molar-refractivity contribution is 6.14. The molecule has 0 aliphatic heterocycles. The smallest absolute Gasteiger partial charge is 0.195 e. The molecule has 0 aliphatic rings. The number of hydrogen-bond donors (Lipinski definition) is 1. The summed E-state index contributed by atoms with van der Waals surface area (Å²) in [5.74, 6) is -0.0554. The van der Waals surface area contributed by atoms with Crippen LogP contribution in [0.15, 0.2) is 91.0 Å². The molecule has 2 heteroatoms. The molecule has 0 saturated carbocycles. The van der Waals surface area contributed by atoms with Crippen molar-refractivity contribution in [3.05, 3.63) is 102 Å². The van der Waals surface area contributed by atoms with E-state index in [4.69, 9.17) is 5.73 Å². The van der Waals surface area contributed by atoms with Gasteiger partial charge in [0.15, 0.2) is 5.78 Å². The molecule has 0 atom stereocenters. The van der Waals surface area contributed by atoms with Crippen LogP contribution in [0.1, 0.15) is 15.9 Å². The minimum absolute atomic E-state index is 0.0554. The zero-order valence-corrected chi connectivity index (χ0v) is 13.6. The molecule has 4 aromatic rings. The van der Waals surface area contributed by atoms with Crippen molar-refractivity contribution < 1.29 is 4.79 Å². The zero-order chi connectivity index (χ0) is 17.2. The lowest BCUT2D eigenvalue weighted by Crippen LogP contribution is -2.06. The summed E-state index contributed by atoms with van der Waals surface area (Å²) in [6, 6.07) is 29.2. The number of nitrogen functional groups attached to an aromatic ring is 1. The monoisotopic (exact) mass is 323 g/mol. The summed E-state index contributed by atoms with van der Waals surface area (Å²) >= 11 is 0. The Morgan fingerprint density at radius 1 is 0.640 bits per heavy atom. The summed E-state index contributed by atoms with van der Waals surface area (Å²) < 4.78 is 0. The maximum absolute atomic E-state index is 12.8. The van der Waals surface area contributed by atoms with Crippen LogP contribution in [0.25, 0.3) is 21.9 Å². The van der Waals surface area contributed by atoms with Gasteiger partial charge >= 0.3 is 0 Å². The van der Waals surface area contributed by atoms with E-state index in [0.717, 1.165) is 21.9 Å². The quantitative estimate of drug-likeness (QED) is 0.409. The first-order valence-corrected chi connectivity index (χ1v) is 8.22. The third kappa shape index (κ3) is 2.68. The Hall–Kier alpha value is -3.39. The van der Waals surface area contributed by atoms with Crippen molar-refractivity contribution in [1.82, 2.24) is 0 Å². The molecule has 4 rings (SSSR count). The molecule has 0 heterocycles. The number of hydrogen-bond acceptors (Lipinski definition) is 2. The minimum Gasteiger partial charge on any atom is -0.398 e. The maximum atomic E-state index is 12.8. The summed E-state index contributed by atoms with van der Waals surface area (Å²) in [5, 5.41) is 2.28. The molecule has 0 aliphatic carbocycles. The van der Waals surface area contributed by atoms with Gasteiger partial charge in [0.2, 0.25) is 0 Å². The lowest BCUT2D eigenvalue weighted by atomic mass is 9.93. The number of para-hydroxylation sites is 1. The fraction of sp³-hybridized carbons (Fsp3) is 0. The van der Waals surface area contributed by atoms with Crippen molar-refractivity contribution in [3.8, 4) is 11.1 Å². The molecule has 2 nitrogen and oxygen atoms in total. The van der Waals surface area contributed by atoms with Crippen molar-refractivity contribution in [3.63, 3.8) is 0 Å². The topological polar surface area (TPSA) is 43.1 Å². The number of anilines is 1. The van der Waals surface area contributed by atoms with E-state index in [1.165, 1.54) is 0 Å².